The summed E-state index contributed by atoms with van der Waals surface area (Å²) >= 11 is 0. The molecule has 1 aliphatic rings. The highest BCUT2D eigenvalue weighted by Crippen LogP contribution is 2.32. The summed E-state index contributed by atoms with van der Waals surface area (Å²) in [6.07, 6.45) is 7.18. The number of carbonyl (C=O) groups is 1. The Hall–Kier alpha value is -3.58. The summed E-state index contributed by atoms with van der Waals surface area (Å²) in [6, 6.07) is 13.5. The van der Waals surface area contributed by atoms with E-state index in [0.717, 1.165) is 58.7 Å². The van der Waals surface area contributed by atoms with E-state index in [-0.39, 0.29) is 5.97 Å². The van der Waals surface area contributed by atoms with Crippen LogP contribution in [-0.2, 0) is 4.74 Å². The molecule has 0 bridgehead atoms. The van der Waals surface area contributed by atoms with Gasteiger partial charge in [0.25, 0.3) is 0 Å². The number of hydrogen-bond donors (Lipinski definition) is 1. The molecule has 0 spiro atoms. The number of rotatable bonds is 6. The van der Waals surface area contributed by atoms with Crippen LogP contribution in [0.5, 0.6) is 0 Å². The van der Waals surface area contributed by atoms with Crippen LogP contribution in [0.3, 0.4) is 0 Å². The third kappa shape index (κ3) is 4.64. The largest absolute Gasteiger partial charge is 0.461 e. The van der Waals surface area contributed by atoms with Gasteiger partial charge in [-0.15, -0.1) is 0 Å². The van der Waals surface area contributed by atoms with Crippen molar-refractivity contribution >= 4 is 16.9 Å². The van der Waals surface area contributed by atoms with Gasteiger partial charge in [-0.3, -0.25) is 20.0 Å². The van der Waals surface area contributed by atoms with Gasteiger partial charge in [-0.2, -0.15) is 5.10 Å². The Balaban J connectivity index is 1.41. The maximum Gasteiger partial charge on any atom is 0.338 e. The van der Waals surface area contributed by atoms with E-state index in [2.05, 4.69) is 25.1 Å². The van der Waals surface area contributed by atoms with E-state index >= 15 is 0 Å². The van der Waals surface area contributed by atoms with Crippen LogP contribution in [0.2, 0.25) is 0 Å². The zero-order valence-corrected chi connectivity index (χ0v) is 18.8. The zero-order valence-electron chi connectivity index (χ0n) is 18.8. The molecule has 0 atom stereocenters. The van der Waals surface area contributed by atoms with Gasteiger partial charge in [0.2, 0.25) is 0 Å². The SMILES string of the molecule is Cc1cccc(-c2[nH]ncc2-c2ccc3nccc(C(=O)OCCN4CCCCC4)c3c2)n1. The molecule has 0 aliphatic carbocycles. The quantitative estimate of drug-likeness (QED) is 0.439. The molecule has 5 rings (SSSR count). The highest BCUT2D eigenvalue weighted by atomic mass is 16.5. The Bertz CT molecular complexity index is 1280. The lowest BCUT2D eigenvalue weighted by molar-refractivity contribution is 0.0454. The first-order valence-electron chi connectivity index (χ1n) is 11.4. The number of nitrogens with one attached hydrogen (secondary N) is 1. The summed E-state index contributed by atoms with van der Waals surface area (Å²) in [7, 11) is 0. The Morgan fingerprint density at radius 1 is 1.12 bits per heavy atom. The normalized spacial score (nSPS) is 14.5. The van der Waals surface area contributed by atoms with Gasteiger partial charge in [-0.1, -0.05) is 18.6 Å². The fraction of sp³-hybridized carbons (Fsp3) is 0.308. The summed E-state index contributed by atoms with van der Waals surface area (Å²) in [6.45, 7) is 5.31. The van der Waals surface area contributed by atoms with Crippen molar-refractivity contribution in [1.29, 1.82) is 0 Å². The number of aromatic amines is 1. The number of carbonyl (C=O) groups excluding carboxylic acids is 1. The molecular formula is C26H27N5O2. The molecule has 0 amide bonds. The number of ether oxygens (including phenoxy) is 1. The third-order valence-corrected chi connectivity index (χ3v) is 6.15. The Labute approximate surface area is 192 Å². The van der Waals surface area contributed by atoms with Gasteiger partial charge in [-0.05, 0) is 68.8 Å². The molecule has 7 nitrogen and oxygen atoms in total. The summed E-state index contributed by atoms with van der Waals surface area (Å²) in [4.78, 5) is 24.3. The Morgan fingerprint density at radius 2 is 2.00 bits per heavy atom. The molecule has 168 valence electrons. The number of benzene rings is 1. The van der Waals surface area contributed by atoms with Crippen molar-refractivity contribution in [2.75, 3.05) is 26.2 Å². The molecule has 7 heteroatoms. The van der Waals surface area contributed by atoms with E-state index in [1.807, 2.05) is 43.3 Å². The number of likely N-dealkylation sites (tertiary alicyclic amines) is 1. The average Bonchev–Trinajstić information content (AvgIpc) is 3.34. The average molecular weight is 442 g/mol. The molecule has 0 radical (unpaired) electrons. The predicted octanol–water partition coefficient (Wildman–Crippen LogP) is 4.64. The van der Waals surface area contributed by atoms with Crippen LogP contribution >= 0.6 is 0 Å². The predicted molar refractivity (Wildman–Crippen MR) is 128 cm³/mol. The van der Waals surface area contributed by atoms with Crippen molar-refractivity contribution < 1.29 is 9.53 Å². The molecule has 0 saturated carbocycles. The second-order valence-corrected chi connectivity index (χ2v) is 8.45. The van der Waals surface area contributed by atoms with Gasteiger partial charge < -0.3 is 4.74 Å². The third-order valence-electron chi connectivity index (χ3n) is 6.15. The second kappa shape index (κ2) is 9.50. The smallest absolute Gasteiger partial charge is 0.338 e. The first kappa shape index (κ1) is 21.3. The van der Waals surface area contributed by atoms with Gasteiger partial charge in [0.1, 0.15) is 6.61 Å². The topological polar surface area (TPSA) is 84.0 Å². The van der Waals surface area contributed by atoms with Gasteiger partial charge in [0, 0.05) is 29.4 Å². The number of aromatic nitrogens is 4. The van der Waals surface area contributed by atoms with Crippen molar-refractivity contribution in [1.82, 2.24) is 25.1 Å². The van der Waals surface area contributed by atoms with Gasteiger partial charge >= 0.3 is 5.97 Å². The Morgan fingerprint density at radius 3 is 2.85 bits per heavy atom. The molecule has 1 fully saturated rings. The van der Waals surface area contributed by atoms with Crippen LogP contribution in [0, 0.1) is 6.92 Å². The van der Waals surface area contributed by atoms with Crippen LogP contribution in [0.25, 0.3) is 33.4 Å². The summed E-state index contributed by atoms with van der Waals surface area (Å²) in [5, 5.41) is 8.08. The zero-order chi connectivity index (χ0) is 22.6. The van der Waals surface area contributed by atoms with Crippen LogP contribution in [0.15, 0.2) is 54.9 Å². The molecule has 4 heterocycles. The van der Waals surface area contributed by atoms with E-state index in [9.17, 15) is 4.79 Å². The molecule has 1 N–H and O–H groups in total. The van der Waals surface area contributed by atoms with E-state index < -0.39 is 0 Å². The van der Waals surface area contributed by atoms with E-state index in [0.29, 0.717) is 12.2 Å². The van der Waals surface area contributed by atoms with E-state index in [4.69, 9.17) is 4.74 Å². The second-order valence-electron chi connectivity index (χ2n) is 8.45. The number of H-pyrrole nitrogens is 1. The van der Waals surface area contributed by atoms with Crippen molar-refractivity contribution in [3.8, 4) is 22.5 Å². The number of fused-ring (bicyclic) bond motifs is 1. The van der Waals surface area contributed by atoms with Crippen molar-refractivity contribution in [3.63, 3.8) is 0 Å². The number of nitrogens with zero attached hydrogens (tertiary/aromatic N) is 4. The molecule has 1 aliphatic heterocycles. The summed E-state index contributed by atoms with van der Waals surface area (Å²) < 4.78 is 5.64. The number of aryl methyl sites for hydroxylation is 1. The summed E-state index contributed by atoms with van der Waals surface area (Å²) in [5.74, 6) is -0.315. The number of pyridine rings is 2. The lowest BCUT2D eigenvalue weighted by atomic mass is 10.00. The summed E-state index contributed by atoms with van der Waals surface area (Å²) in [5.41, 5.74) is 5.74. The minimum atomic E-state index is -0.315. The minimum Gasteiger partial charge on any atom is -0.461 e. The monoisotopic (exact) mass is 441 g/mol. The lowest BCUT2D eigenvalue weighted by Crippen LogP contribution is -2.33. The van der Waals surface area contributed by atoms with Crippen LogP contribution < -0.4 is 0 Å². The molecule has 33 heavy (non-hydrogen) atoms. The molecule has 0 unspecified atom stereocenters. The molecular weight excluding hydrogens is 414 g/mol. The number of piperidine rings is 1. The number of esters is 1. The minimum absolute atomic E-state index is 0.315. The maximum atomic E-state index is 12.9. The molecule has 1 aromatic carbocycles. The first-order chi connectivity index (χ1) is 16.2. The van der Waals surface area contributed by atoms with Crippen LogP contribution in [0.4, 0.5) is 0 Å². The van der Waals surface area contributed by atoms with E-state index in [1.165, 1.54) is 19.3 Å². The maximum absolute atomic E-state index is 12.9. The first-order valence-corrected chi connectivity index (χ1v) is 11.4. The molecule has 4 aromatic rings. The highest BCUT2D eigenvalue weighted by molar-refractivity contribution is 6.04. The van der Waals surface area contributed by atoms with Crippen molar-refractivity contribution in [3.05, 3.63) is 66.1 Å². The lowest BCUT2D eigenvalue weighted by Gasteiger charge is -2.25. The van der Waals surface area contributed by atoms with Gasteiger partial charge in [0.05, 0.1) is 28.7 Å². The standard InChI is InChI=1S/C26H27N5O2/c1-18-6-5-7-24(29-18)25-22(17-28-30-25)19-8-9-23-21(16-19)20(10-11-27-23)26(32)33-15-14-31-12-3-2-4-13-31/h5-11,16-17H,2-4,12-15H2,1H3,(H,28,30). The molecule has 3 aromatic heterocycles. The van der Waals surface area contributed by atoms with Crippen LogP contribution in [-0.4, -0.2) is 57.3 Å². The van der Waals surface area contributed by atoms with Crippen molar-refractivity contribution in [2.24, 2.45) is 0 Å². The van der Waals surface area contributed by atoms with Gasteiger partial charge in [0.15, 0.2) is 0 Å². The van der Waals surface area contributed by atoms with Gasteiger partial charge in [-0.25, -0.2) is 4.79 Å². The highest BCUT2D eigenvalue weighted by Gasteiger charge is 2.17. The fourth-order valence-electron chi connectivity index (χ4n) is 4.40. The number of hydrogen-bond acceptors (Lipinski definition) is 6. The Kier molecular flexibility index (Phi) is 6.13. The fourth-order valence-corrected chi connectivity index (χ4v) is 4.40. The van der Waals surface area contributed by atoms with Crippen molar-refractivity contribution in [2.45, 2.75) is 26.2 Å². The van der Waals surface area contributed by atoms with E-state index in [1.54, 1.807) is 18.5 Å². The van der Waals surface area contributed by atoms with Crippen LogP contribution in [0.1, 0.15) is 35.3 Å². The molecule has 1 saturated heterocycles.